The molecule has 234 valence electrons. The number of rotatable bonds is 3. The summed E-state index contributed by atoms with van der Waals surface area (Å²) in [6.45, 7) is 5.08. The van der Waals surface area contributed by atoms with E-state index in [9.17, 15) is 14.4 Å². The number of aromatic nitrogens is 3. The van der Waals surface area contributed by atoms with Crippen molar-refractivity contribution in [2.45, 2.75) is 45.4 Å². The minimum atomic E-state index is -0.584. The molecule has 13 heteroatoms. The van der Waals surface area contributed by atoms with E-state index < -0.39 is 12.1 Å². The van der Waals surface area contributed by atoms with E-state index in [1.165, 1.54) is 4.90 Å². The van der Waals surface area contributed by atoms with E-state index in [0.717, 1.165) is 12.0 Å². The molecule has 1 saturated heterocycles. The van der Waals surface area contributed by atoms with E-state index in [2.05, 4.69) is 10.6 Å². The van der Waals surface area contributed by atoms with Crippen molar-refractivity contribution in [3.05, 3.63) is 66.0 Å². The highest BCUT2D eigenvalue weighted by atomic mass is 16.5. The SMILES string of the molecule is CC(C)[C@@H]1NC(=O)CN(C(=O)[C@H]2CCCO2)CCNC(=O)c2cccc(c2)OCCn2nc(-c3ccccc3)nc21.O=CO. The summed E-state index contributed by atoms with van der Waals surface area (Å²) in [4.78, 5) is 54.3. The third-order valence-electron chi connectivity index (χ3n) is 7.18. The zero-order chi connectivity index (χ0) is 31.5. The molecule has 0 saturated carbocycles. The van der Waals surface area contributed by atoms with Crippen LogP contribution in [0.1, 0.15) is 48.9 Å². The van der Waals surface area contributed by atoms with Gasteiger partial charge in [0.2, 0.25) is 5.91 Å². The van der Waals surface area contributed by atoms with Crippen molar-refractivity contribution in [1.82, 2.24) is 30.3 Å². The Kier molecular flexibility index (Phi) is 11.4. The average Bonchev–Trinajstić information content (AvgIpc) is 3.71. The van der Waals surface area contributed by atoms with Gasteiger partial charge in [0.05, 0.1) is 19.1 Å². The molecule has 0 unspecified atom stereocenters. The van der Waals surface area contributed by atoms with Crippen molar-refractivity contribution < 1.29 is 33.8 Å². The molecule has 2 aromatic carbocycles. The molecule has 0 aliphatic carbocycles. The first-order valence-corrected chi connectivity index (χ1v) is 14.6. The average molecular weight is 607 g/mol. The topological polar surface area (TPSA) is 165 Å². The Morgan fingerprint density at radius 1 is 1.07 bits per heavy atom. The van der Waals surface area contributed by atoms with Crippen molar-refractivity contribution in [3.8, 4) is 17.1 Å². The van der Waals surface area contributed by atoms with Crippen molar-refractivity contribution in [1.29, 1.82) is 0 Å². The van der Waals surface area contributed by atoms with Crippen molar-refractivity contribution >= 4 is 24.2 Å². The summed E-state index contributed by atoms with van der Waals surface area (Å²) >= 11 is 0. The van der Waals surface area contributed by atoms with Crippen LogP contribution in [0.4, 0.5) is 0 Å². The molecule has 0 radical (unpaired) electrons. The lowest BCUT2D eigenvalue weighted by atomic mass is 10.0. The second kappa shape index (κ2) is 15.6. The Hall–Kier alpha value is -4.78. The first kappa shape index (κ1) is 32.1. The molecule has 44 heavy (non-hydrogen) atoms. The number of nitrogens with zero attached hydrogens (tertiary/aromatic N) is 4. The highest BCUT2D eigenvalue weighted by Crippen LogP contribution is 2.25. The number of carboxylic acid groups (broad SMARTS) is 1. The Labute approximate surface area is 255 Å². The molecule has 2 aliphatic rings. The lowest BCUT2D eigenvalue weighted by Crippen LogP contribution is -2.48. The van der Waals surface area contributed by atoms with E-state index in [4.69, 9.17) is 29.5 Å². The van der Waals surface area contributed by atoms with Gasteiger partial charge in [0, 0.05) is 30.8 Å². The fourth-order valence-corrected chi connectivity index (χ4v) is 5.01. The Morgan fingerprint density at radius 3 is 2.52 bits per heavy atom. The summed E-state index contributed by atoms with van der Waals surface area (Å²) in [7, 11) is 0. The first-order valence-electron chi connectivity index (χ1n) is 14.6. The molecular weight excluding hydrogens is 568 g/mol. The van der Waals surface area contributed by atoms with Gasteiger partial charge in [-0.25, -0.2) is 9.67 Å². The monoisotopic (exact) mass is 606 g/mol. The number of amides is 3. The number of ether oxygens (including phenoxy) is 2. The number of nitrogens with one attached hydrogen (secondary N) is 2. The summed E-state index contributed by atoms with van der Waals surface area (Å²) in [5, 5.41) is 17.6. The number of carbonyl (C=O) groups is 4. The van der Waals surface area contributed by atoms with E-state index in [-0.39, 0.29) is 56.4 Å². The van der Waals surface area contributed by atoms with Gasteiger partial charge >= 0.3 is 0 Å². The molecule has 1 fully saturated rings. The minimum absolute atomic E-state index is 0.0215. The molecule has 13 nitrogen and oxygen atoms in total. The Balaban J connectivity index is 0.00000141. The van der Waals surface area contributed by atoms with Gasteiger partial charge in [0.1, 0.15) is 18.5 Å². The Morgan fingerprint density at radius 2 is 1.82 bits per heavy atom. The largest absolute Gasteiger partial charge is 0.492 e. The number of hydrogen-bond donors (Lipinski definition) is 3. The van der Waals surface area contributed by atoms with Gasteiger partial charge in [-0.1, -0.05) is 50.2 Å². The fourth-order valence-electron chi connectivity index (χ4n) is 5.01. The summed E-state index contributed by atoms with van der Waals surface area (Å²) in [6, 6.07) is 16.1. The number of benzene rings is 2. The van der Waals surface area contributed by atoms with Crippen LogP contribution < -0.4 is 15.4 Å². The highest BCUT2D eigenvalue weighted by Gasteiger charge is 2.31. The third kappa shape index (κ3) is 8.40. The third-order valence-corrected chi connectivity index (χ3v) is 7.18. The van der Waals surface area contributed by atoms with Crippen molar-refractivity contribution in [2.75, 3.05) is 32.8 Å². The van der Waals surface area contributed by atoms with Crippen LogP contribution in [-0.4, -0.2) is 87.9 Å². The predicted octanol–water partition coefficient (Wildman–Crippen LogP) is 2.29. The molecule has 3 amide bonds. The van der Waals surface area contributed by atoms with Crippen LogP contribution in [0.15, 0.2) is 54.6 Å². The molecule has 2 bridgehead atoms. The van der Waals surface area contributed by atoms with Gasteiger partial charge in [0.15, 0.2) is 11.6 Å². The number of carbonyl (C=O) groups excluding carboxylic acids is 3. The van der Waals surface area contributed by atoms with Crippen LogP contribution >= 0.6 is 0 Å². The summed E-state index contributed by atoms with van der Waals surface area (Å²) in [5.41, 5.74) is 1.30. The van der Waals surface area contributed by atoms with Gasteiger partial charge in [-0.05, 0) is 37.0 Å². The lowest BCUT2D eigenvalue weighted by molar-refractivity contribution is -0.144. The highest BCUT2D eigenvalue weighted by molar-refractivity contribution is 5.94. The second-order valence-electron chi connectivity index (χ2n) is 10.7. The maximum Gasteiger partial charge on any atom is 0.290 e. The van der Waals surface area contributed by atoms with Crippen LogP contribution in [0.3, 0.4) is 0 Å². The zero-order valence-electron chi connectivity index (χ0n) is 24.8. The molecule has 3 N–H and O–H groups in total. The van der Waals surface area contributed by atoms with Crippen LogP contribution in [-0.2, 0) is 25.7 Å². The molecule has 3 heterocycles. The van der Waals surface area contributed by atoms with E-state index in [1.807, 2.05) is 44.2 Å². The minimum Gasteiger partial charge on any atom is -0.492 e. The zero-order valence-corrected chi connectivity index (χ0v) is 24.8. The summed E-state index contributed by atoms with van der Waals surface area (Å²) < 4.78 is 13.4. The molecule has 0 spiro atoms. The maximum absolute atomic E-state index is 13.4. The Bertz CT molecular complexity index is 1420. The van der Waals surface area contributed by atoms with Gasteiger partial charge < -0.3 is 30.1 Å². The molecular formula is C31H38N6O7. The summed E-state index contributed by atoms with van der Waals surface area (Å²) in [5.74, 6) is 0.800. The standard InChI is InChI=1S/C30H36N6O5.CH2O2/c1-20(2)26-28-33-27(21-8-4-3-5-9-21)34-36(28)15-17-40-23-11-6-10-22(18-23)29(38)31-13-14-35(19-25(37)32-26)30(39)24-12-7-16-41-24;2-1-3/h3-6,8-11,18,20,24,26H,7,12-17,19H2,1-2H3,(H,31,38)(H,32,37);1H,(H,2,3)/t24-,26+;/m1./s1. The van der Waals surface area contributed by atoms with Crippen LogP contribution in [0.2, 0.25) is 0 Å². The first-order chi connectivity index (χ1) is 21.3. The van der Waals surface area contributed by atoms with Crippen LogP contribution in [0, 0.1) is 5.92 Å². The fraction of sp³-hybridized carbons (Fsp3) is 0.419. The van der Waals surface area contributed by atoms with Crippen molar-refractivity contribution in [2.24, 2.45) is 5.92 Å². The van der Waals surface area contributed by atoms with Crippen molar-refractivity contribution in [3.63, 3.8) is 0 Å². The number of hydrogen-bond acceptors (Lipinski definition) is 8. The second-order valence-corrected chi connectivity index (χ2v) is 10.7. The predicted molar refractivity (Wildman–Crippen MR) is 160 cm³/mol. The number of fused-ring (bicyclic) bond motifs is 3. The van der Waals surface area contributed by atoms with Crippen LogP contribution in [0.25, 0.3) is 11.4 Å². The van der Waals surface area contributed by atoms with Gasteiger partial charge in [-0.2, -0.15) is 5.10 Å². The van der Waals surface area contributed by atoms with Gasteiger partial charge in [-0.15, -0.1) is 0 Å². The quantitative estimate of drug-likeness (QED) is 0.379. The van der Waals surface area contributed by atoms with Gasteiger partial charge in [-0.3, -0.25) is 19.2 Å². The van der Waals surface area contributed by atoms with E-state index >= 15 is 0 Å². The van der Waals surface area contributed by atoms with E-state index in [0.29, 0.717) is 42.5 Å². The van der Waals surface area contributed by atoms with E-state index in [1.54, 1.807) is 28.9 Å². The molecule has 2 aliphatic heterocycles. The maximum atomic E-state index is 13.4. The molecule has 3 aromatic rings. The summed E-state index contributed by atoms with van der Waals surface area (Å²) in [6.07, 6.45) is 0.815. The smallest absolute Gasteiger partial charge is 0.290 e. The normalized spacial score (nSPS) is 19.4. The lowest BCUT2D eigenvalue weighted by Gasteiger charge is -2.27. The molecule has 1 aromatic heterocycles. The molecule has 5 rings (SSSR count). The van der Waals surface area contributed by atoms with Gasteiger partial charge in [0.25, 0.3) is 18.3 Å². The van der Waals surface area contributed by atoms with Crippen LogP contribution in [0.5, 0.6) is 5.75 Å². The molecule has 2 atom stereocenters.